The largest absolute Gasteiger partial charge is 0.309 e. The van der Waals surface area contributed by atoms with Crippen molar-refractivity contribution >= 4 is 65.2 Å². The highest BCUT2D eigenvalue weighted by atomic mass is 15.0. The second kappa shape index (κ2) is 12.9. The monoisotopic (exact) mass is 738 g/mol. The van der Waals surface area contributed by atoms with E-state index in [9.17, 15) is 0 Å². The zero-order valence-electron chi connectivity index (χ0n) is 31.4. The summed E-state index contributed by atoms with van der Waals surface area (Å²) in [5.74, 6) is 0.690. The Morgan fingerprint density at radius 2 is 0.810 bits per heavy atom. The average Bonchev–Trinajstić information content (AvgIpc) is 3.83. The number of hydrogen-bond donors (Lipinski definition) is 0. The van der Waals surface area contributed by atoms with E-state index in [2.05, 4.69) is 209 Å². The molecule has 0 amide bonds. The second-order valence-corrected chi connectivity index (χ2v) is 15.0. The first kappa shape index (κ1) is 32.4. The molecule has 0 saturated carbocycles. The molecule has 0 atom stereocenters. The molecule has 0 saturated heterocycles. The maximum absolute atomic E-state index is 5.35. The first-order valence-electron chi connectivity index (χ1n) is 19.7. The zero-order chi connectivity index (χ0) is 38.2. The van der Waals surface area contributed by atoms with E-state index in [0.717, 1.165) is 45.0 Å². The van der Waals surface area contributed by atoms with Gasteiger partial charge in [0.15, 0.2) is 5.82 Å². The molecular weight excluding hydrogens is 705 g/mol. The highest BCUT2D eigenvalue weighted by Crippen LogP contribution is 2.41. The van der Waals surface area contributed by atoms with Crippen molar-refractivity contribution in [3.8, 4) is 45.3 Å². The van der Waals surface area contributed by atoms with Crippen molar-refractivity contribution in [2.45, 2.75) is 0 Å². The Labute approximate surface area is 334 Å². The van der Waals surface area contributed by atoms with Gasteiger partial charge in [-0.25, -0.2) is 9.97 Å². The van der Waals surface area contributed by atoms with Crippen LogP contribution in [0, 0.1) is 0 Å². The van der Waals surface area contributed by atoms with Crippen LogP contribution in [0.5, 0.6) is 0 Å². The van der Waals surface area contributed by atoms with Crippen LogP contribution in [0.25, 0.3) is 110 Å². The van der Waals surface area contributed by atoms with Crippen molar-refractivity contribution in [1.29, 1.82) is 0 Å². The molecular formula is C54H34N4. The van der Waals surface area contributed by atoms with Crippen molar-refractivity contribution < 1.29 is 0 Å². The van der Waals surface area contributed by atoms with Gasteiger partial charge in [-0.2, -0.15) is 0 Å². The third kappa shape index (κ3) is 5.02. The maximum atomic E-state index is 5.35. The summed E-state index contributed by atoms with van der Waals surface area (Å²) in [6.45, 7) is 0. The number of aromatic nitrogens is 4. The Hall–Kier alpha value is -7.82. The van der Waals surface area contributed by atoms with Crippen LogP contribution < -0.4 is 0 Å². The van der Waals surface area contributed by atoms with E-state index in [1.807, 2.05) is 6.07 Å². The summed E-state index contributed by atoms with van der Waals surface area (Å²) in [6, 6.07) is 73.7. The first-order valence-corrected chi connectivity index (χ1v) is 19.7. The molecule has 3 heterocycles. The fourth-order valence-corrected chi connectivity index (χ4v) is 9.08. The SMILES string of the molecule is c1ccc(-c2cc(-c3cccc(-n4c5ccc6ccccc6c5c5c6ccccc6ccc54)c3)nc(-c3ccc4c(c3)c3ccccc3n4-c3ccccc3)n2)cc1. The molecule has 0 N–H and O–H groups in total. The Kier molecular flexibility index (Phi) is 7.20. The molecule has 12 aromatic rings. The summed E-state index contributed by atoms with van der Waals surface area (Å²) in [5.41, 5.74) is 11.7. The molecule has 4 nitrogen and oxygen atoms in total. The summed E-state index contributed by atoms with van der Waals surface area (Å²) in [4.78, 5) is 10.6. The van der Waals surface area contributed by atoms with E-state index in [1.165, 1.54) is 59.6 Å². The van der Waals surface area contributed by atoms with Gasteiger partial charge in [-0.15, -0.1) is 0 Å². The minimum atomic E-state index is 0.690. The minimum absolute atomic E-state index is 0.690. The Morgan fingerprint density at radius 1 is 0.293 bits per heavy atom. The van der Waals surface area contributed by atoms with Crippen LogP contribution in [0.2, 0.25) is 0 Å². The summed E-state index contributed by atoms with van der Waals surface area (Å²) < 4.78 is 4.76. The van der Waals surface area contributed by atoms with Gasteiger partial charge in [0, 0.05) is 49.6 Å². The minimum Gasteiger partial charge on any atom is -0.309 e. The van der Waals surface area contributed by atoms with E-state index in [4.69, 9.17) is 9.97 Å². The standard InChI is InChI=1S/C54H34N4/c1-3-16-37(17-4-1)46-34-47(56-54(55-46)39-28-29-49-45(33-39)44-24-11-12-25-48(44)57(49)40-19-5-2-6-20-40)38-18-13-21-41(32-38)58-50-30-26-35-14-7-9-22-42(35)52(50)53-43-23-10-8-15-36(43)27-31-51(53)58/h1-34H. The van der Waals surface area contributed by atoms with Crippen molar-refractivity contribution in [1.82, 2.24) is 19.1 Å². The third-order valence-corrected chi connectivity index (χ3v) is 11.7. The van der Waals surface area contributed by atoms with Crippen LogP contribution in [0.3, 0.4) is 0 Å². The quantitative estimate of drug-likeness (QED) is 0.176. The molecule has 0 aliphatic heterocycles. The van der Waals surface area contributed by atoms with Crippen molar-refractivity contribution in [2.75, 3.05) is 0 Å². The van der Waals surface area contributed by atoms with Crippen LogP contribution in [-0.2, 0) is 0 Å². The molecule has 0 unspecified atom stereocenters. The summed E-state index contributed by atoms with van der Waals surface area (Å²) in [6.07, 6.45) is 0. The number of hydrogen-bond acceptors (Lipinski definition) is 2. The molecule has 270 valence electrons. The van der Waals surface area contributed by atoms with Crippen molar-refractivity contribution in [2.24, 2.45) is 0 Å². The van der Waals surface area contributed by atoms with Crippen molar-refractivity contribution in [3.63, 3.8) is 0 Å². The summed E-state index contributed by atoms with van der Waals surface area (Å²) >= 11 is 0. The highest BCUT2D eigenvalue weighted by Gasteiger charge is 2.19. The molecule has 0 fully saturated rings. The lowest BCUT2D eigenvalue weighted by Gasteiger charge is -2.13. The molecule has 58 heavy (non-hydrogen) atoms. The van der Waals surface area contributed by atoms with Crippen LogP contribution in [0.4, 0.5) is 0 Å². The molecule has 0 spiro atoms. The lowest BCUT2D eigenvalue weighted by atomic mass is 10.00. The van der Waals surface area contributed by atoms with E-state index < -0.39 is 0 Å². The van der Waals surface area contributed by atoms with Gasteiger partial charge in [-0.3, -0.25) is 0 Å². The van der Waals surface area contributed by atoms with Gasteiger partial charge < -0.3 is 9.13 Å². The molecule has 12 rings (SSSR count). The van der Waals surface area contributed by atoms with Gasteiger partial charge in [-0.1, -0.05) is 140 Å². The predicted molar refractivity (Wildman–Crippen MR) is 242 cm³/mol. The normalized spacial score (nSPS) is 11.8. The zero-order valence-corrected chi connectivity index (χ0v) is 31.4. The third-order valence-electron chi connectivity index (χ3n) is 11.7. The first-order chi connectivity index (χ1) is 28.8. The fourth-order valence-electron chi connectivity index (χ4n) is 9.08. The Balaban J connectivity index is 1.07. The number of fused-ring (bicyclic) bond motifs is 10. The Bertz CT molecular complexity index is 3470. The van der Waals surface area contributed by atoms with Gasteiger partial charge in [0.1, 0.15) is 0 Å². The van der Waals surface area contributed by atoms with Gasteiger partial charge in [0.25, 0.3) is 0 Å². The smallest absolute Gasteiger partial charge is 0.160 e. The van der Waals surface area contributed by atoms with Gasteiger partial charge >= 0.3 is 0 Å². The molecule has 3 aromatic heterocycles. The lowest BCUT2D eigenvalue weighted by Crippen LogP contribution is -1.98. The van der Waals surface area contributed by atoms with E-state index in [0.29, 0.717) is 5.82 Å². The second-order valence-electron chi connectivity index (χ2n) is 15.0. The van der Waals surface area contributed by atoms with Crippen LogP contribution in [0.15, 0.2) is 206 Å². The fraction of sp³-hybridized carbons (Fsp3) is 0. The van der Waals surface area contributed by atoms with Gasteiger partial charge in [-0.05, 0) is 88.3 Å². The van der Waals surface area contributed by atoms with E-state index in [1.54, 1.807) is 0 Å². The molecule has 0 bridgehead atoms. The highest BCUT2D eigenvalue weighted by molar-refractivity contribution is 6.28. The molecule has 9 aromatic carbocycles. The molecule has 4 heteroatoms. The molecule has 0 aliphatic carbocycles. The van der Waals surface area contributed by atoms with Crippen LogP contribution >= 0.6 is 0 Å². The number of rotatable bonds is 5. The van der Waals surface area contributed by atoms with Gasteiger partial charge in [0.05, 0.1) is 33.5 Å². The topological polar surface area (TPSA) is 35.6 Å². The number of nitrogens with zero attached hydrogens (tertiary/aromatic N) is 4. The number of para-hydroxylation sites is 2. The molecule has 0 aliphatic rings. The summed E-state index contributed by atoms with van der Waals surface area (Å²) in [7, 11) is 0. The predicted octanol–water partition coefficient (Wildman–Crippen LogP) is 14.0. The number of benzene rings is 9. The van der Waals surface area contributed by atoms with E-state index >= 15 is 0 Å². The van der Waals surface area contributed by atoms with Crippen LogP contribution in [-0.4, -0.2) is 19.1 Å². The summed E-state index contributed by atoms with van der Waals surface area (Å²) in [5, 5.41) is 9.90. The maximum Gasteiger partial charge on any atom is 0.160 e. The average molecular weight is 739 g/mol. The van der Waals surface area contributed by atoms with Crippen LogP contribution in [0.1, 0.15) is 0 Å². The van der Waals surface area contributed by atoms with E-state index in [-0.39, 0.29) is 0 Å². The van der Waals surface area contributed by atoms with Gasteiger partial charge in [0.2, 0.25) is 0 Å². The Morgan fingerprint density at radius 3 is 1.52 bits per heavy atom. The van der Waals surface area contributed by atoms with Crippen molar-refractivity contribution in [3.05, 3.63) is 206 Å². The lowest BCUT2D eigenvalue weighted by molar-refractivity contribution is 1.16. The molecule has 0 radical (unpaired) electrons.